The lowest BCUT2D eigenvalue weighted by molar-refractivity contribution is -0.120. The van der Waals surface area contributed by atoms with Gasteiger partial charge in [0.2, 0.25) is 5.91 Å². The van der Waals surface area contributed by atoms with E-state index in [9.17, 15) is 4.79 Å². The summed E-state index contributed by atoms with van der Waals surface area (Å²) >= 11 is 1.53. The average Bonchev–Trinajstić information content (AvgIpc) is 3.11. The highest BCUT2D eigenvalue weighted by Crippen LogP contribution is 2.11. The first kappa shape index (κ1) is 12.6. The Bertz CT molecular complexity index is 726. The van der Waals surface area contributed by atoms with Crippen LogP contribution in [0.5, 0.6) is 0 Å². The van der Waals surface area contributed by atoms with Crippen LogP contribution in [-0.2, 0) is 11.2 Å². The zero-order chi connectivity index (χ0) is 13.9. The lowest BCUT2D eigenvalue weighted by atomic mass is 10.3. The Morgan fingerprint density at radius 2 is 2.50 bits per heavy atom. The van der Waals surface area contributed by atoms with Gasteiger partial charge in [0.05, 0.1) is 18.4 Å². The molecule has 20 heavy (non-hydrogen) atoms. The molecule has 3 aromatic rings. The minimum atomic E-state index is -0.207. The number of rotatable bonds is 4. The molecule has 0 aliphatic rings. The first-order valence-corrected chi connectivity index (χ1v) is 6.88. The van der Waals surface area contributed by atoms with E-state index in [1.807, 2.05) is 22.2 Å². The fourth-order valence-corrected chi connectivity index (χ4v) is 2.47. The highest BCUT2D eigenvalue weighted by molar-refractivity contribution is 7.15. The van der Waals surface area contributed by atoms with Crippen LogP contribution < -0.4 is 5.43 Å². The van der Waals surface area contributed by atoms with Gasteiger partial charge in [-0.3, -0.25) is 9.20 Å². The molecule has 3 rings (SSSR count). The Balaban J connectivity index is 1.62. The molecule has 0 aromatic carbocycles. The summed E-state index contributed by atoms with van der Waals surface area (Å²) in [4.78, 5) is 17.0. The highest BCUT2D eigenvalue weighted by atomic mass is 32.1. The summed E-state index contributed by atoms with van der Waals surface area (Å²) in [6.45, 7) is 1.77. The number of hydrogen-bond donors (Lipinski definition) is 1. The molecule has 1 amide bonds. The van der Waals surface area contributed by atoms with Gasteiger partial charge in [0.1, 0.15) is 11.5 Å². The Kier molecular flexibility index (Phi) is 3.34. The van der Waals surface area contributed by atoms with Crippen LogP contribution in [0.2, 0.25) is 0 Å². The number of carbonyl (C=O) groups excluding carboxylic acids is 1. The second-order valence-electron chi connectivity index (χ2n) is 4.21. The molecule has 0 fully saturated rings. The Morgan fingerprint density at radius 1 is 1.60 bits per heavy atom. The largest absolute Gasteiger partial charge is 0.463 e. The molecule has 0 saturated heterocycles. The number of nitrogens with zero attached hydrogens (tertiary/aromatic N) is 3. The van der Waals surface area contributed by atoms with Crippen molar-refractivity contribution in [1.29, 1.82) is 0 Å². The maximum atomic E-state index is 11.8. The SMILES string of the molecule is C/C(=N\NC(=O)Cc1cn2ccsc2n1)c1ccco1. The fraction of sp³-hybridized carbons (Fsp3) is 0.154. The maximum Gasteiger partial charge on any atom is 0.246 e. The number of fused-ring (bicyclic) bond motifs is 1. The summed E-state index contributed by atoms with van der Waals surface area (Å²) in [6.07, 6.45) is 5.51. The summed E-state index contributed by atoms with van der Waals surface area (Å²) in [6, 6.07) is 3.56. The molecule has 0 aliphatic heterocycles. The Morgan fingerprint density at radius 3 is 3.25 bits per heavy atom. The summed E-state index contributed by atoms with van der Waals surface area (Å²) in [5, 5.41) is 5.94. The van der Waals surface area contributed by atoms with Gasteiger partial charge in [-0.25, -0.2) is 10.4 Å². The molecule has 0 saturated carbocycles. The third kappa shape index (κ3) is 2.62. The second-order valence-corrected chi connectivity index (χ2v) is 5.08. The first-order chi connectivity index (χ1) is 9.72. The van der Waals surface area contributed by atoms with Crippen molar-refractivity contribution in [2.24, 2.45) is 5.10 Å². The molecule has 7 heteroatoms. The number of hydrogen-bond acceptors (Lipinski definition) is 5. The maximum absolute atomic E-state index is 11.8. The van der Waals surface area contributed by atoms with E-state index in [-0.39, 0.29) is 12.3 Å². The molecule has 102 valence electrons. The van der Waals surface area contributed by atoms with Crippen molar-refractivity contribution < 1.29 is 9.21 Å². The van der Waals surface area contributed by atoms with E-state index < -0.39 is 0 Å². The van der Waals surface area contributed by atoms with Crippen molar-refractivity contribution in [3.8, 4) is 0 Å². The molecule has 3 heterocycles. The van der Waals surface area contributed by atoms with Crippen molar-refractivity contribution in [2.45, 2.75) is 13.3 Å². The number of amides is 1. The number of aromatic nitrogens is 2. The van der Waals surface area contributed by atoms with Gasteiger partial charge < -0.3 is 4.42 Å². The summed E-state index contributed by atoms with van der Waals surface area (Å²) in [7, 11) is 0. The lowest BCUT2D eigenvalue weighted by Gasteiger charge is -1.99. The minimum Gasteiger partial charge on any atom is -0.463 e. The van der Waals surface area contributed by atoms with Crippen molar-refractivity contribution in [1.82, 2.24) is 14.8 Å². The third-order valence-electron chi connectivity index (χ3n) is 2.71. The van der Waals surface area contributed by atoms with E-state index >= 15 is 0 Å². The molecule has 0 spiro atoms. The predicted molar refractivity (Wildman–Crippen MR) is 75.8 cm³/mol. The monoisotopic (exact) mass is 288 g/mol. The normalized spacial score (nSPS) is 11.9. The average molecular weight is 288 g/mol. The minimum absolute atomic E-state index is 0.198. The van der Waals surface area contributed by atoms with E-state index in [0.717, 1.165) is 10.7 Å². The summed E-state index contributed by atoms with van der Waals surface area (Å²) in [5.74, 6) is 0.425. The van der Waals surface area contributed by atoms with Gasteiger partial charge in [0.25, 0.3) is 0 Å². The van der Waals surface area contributed by atoms with Gasteiger partial charge in [-0.15, -0.1) is 11.3 Å². The van der Waals surface area contributed by atoms with Crippen molar-refractivity contribution in [2.75, 3.05) is 0 Å². The van der Waals surface area contributed by atoms with Crippen LogP contribution >= 0.6 is 11.3 Å². The third-order valence-corrected chi connectivity index (χ3v) is 3.48. The summed E-state index contributed by atoms with van der Waals surface area (Å²) in [5.41, 5.74) is 3.84. The van der Waals surface area contributed by atoms with E-state index in [4.69, 9.17) is 4.42 Å². The van der Waals surface area contributed by atoms with Gasteiger partial charge in [0.15, 0.2) is 4.96 Å². The molecule has 0 radical (unpaired) electrons. The first-order valence-electron chi connectivity index (χ1n) is 6.00. The number of imidazole rings is 1. The van der Waals surface area contributed by atoms with Crippen LogP contribution in [0.15, 0.2) is 45.7 Å². The molecule has 6 nitrogen and oxygen atoms in total. The molecular weight excluding hydrogens is 276 g/mol. The van der Waals surface area contributed by atoms with Crippen LogP contribution in [0.1, 0.15) is 18.4 Å². The predicted octanol–water partition coefficient (Wildman–Crippen LogP) is 2.07. The zero-order valence-electron chi connectivity index (χ0n) is 10.7. The van der Waals surface area contributed by atoms with E-state index in [1.165, 1.54) is 11.3 Å². The standard InChI is InChI=1S/C13H12N4O2S/c1-9(11-3-2-5-19-11)15-16-12(18)7-10-8-17-4-6-20-13(17)14-10/h2-6,8H,7H2,1H3,(H,16,18)/b15-9+. The molecule has 1 N–H and O–H groups in total. The van der Waals surface area contributed by atoms with Gasteiger partial charge in [0, 0.05) is 17.8 Å². The van der Waals surface area contributed by atoms with Crippen LogP contribution in [-0.4, -0.2) is 21.0 Å². The Hall–Kier alpha value is -2.41. The van der Waals surface area contributed by atoms with Crippen LogP contribution in [0.3, 0.4) is 0 Å². The van der Waals surface area contributed by atoms with Gasteiger partial charge >= 0.3 is 0 Å². The van der Waals surface area contributed by atoms with Crippen LogP contribution in [0, 0.1) is 0 Å². The van der Waals surface area contributed by atoms with E-state index in [2.05, 4.69) is 15.5 Å². The number of nitrogens with one attached hydrogen (secondary N) is 1. The zero-order valence-corrected chi connectivity index (χ0v) is 11.6. The van der Waals surface area contributed by atoms with Crippen molar-refractivity contribution >= 4 is 27.9 Å². The lowest BCUT2D eigenvalue weighted by Crippen LogP contribution is -2.21. The molecule has 3 aromatic heterocycles. The number of thiazole rings is 1. The molecule has 0 unspecified atom stereocenters. The molecular formula is C13H12N4O2S. The van der Waals surface area contributed by atoms with E-state index in [1.54, 1.807) is 25.3 Å². The number of carbonyl (C=O) groups is 1. The smallest absolute Gasteiger partial charge is 0.246 e. The quantitative estimate of drug-likeness (QED) is 0.590. The topological polar surface area (TPSA) is 71.9 Å². The fourth-order valence-electron chi connectivity index (χ4n) is 1.75. The summed E-state index contributed by atoms with van der Waals surface area (Å²) < 4.78 is 7.07. The second kappa shape index (κ2) is 5.30. The molecule has 0 atom stereocenters. The number of furan rings is 1. The Labute approximate surface area is 118 Å². The van der Waals surface area contributed by atoms with Gasteiger partial charge in [-0.2, -0.15) is 5.10 Å². The van der Waals surface area contributed by atoms with E-state index in [0.29, 0.717) is 11.5 Å². The molecule has 0 bridgehead atoms. The highest BCUT2D eigenvalue weighted by Gasteiger charge is 2.08. The van der Waals surface area contributed by atoms with Gasteiger partial charge in [-0.1, -0.05) is 0 Å². The van der Waals surface area contributed by atoms with Crippen LogP contribution in [0.4, 0.5) is 0 Å². The van der Waals surface area contributed by atoms with Gasteiger partial charge in [-0.05, 0) is 19.1 Å². The number of hydrazone groups is 1. The van der Waals surface area contributed by atoms with Crippen LogP contribution in [0.25, 0.3) is 4.96 Å². The molecule has 0 aliphatic carbocycles. The van der Waals surface area contributed by atoms with Crippen molar-refractivity contribution in [3.05, 3.63) is 47.6 Å². The van der Waals surface area contributed by atoms with Crippen molar-refractivity contribution in [3.63, 3.8) is 0 Å².